The summed E-state index contributed by atoms with van der Waals surface area (Å²) < 4.78 is 0.0393. The number of carboxylic acids is 2. The molecule has 6 nitrogen and oxygen atoms in total. The van der Waals surface area contributed by atoms with Crippen molar-refractivity contribution < 1.29 is 24.6 Å². The van der Waals surface area contributed by atoms with E-state index in [1.807, 2.05) is 43.3 Å². The molecule has 0 spiro atoms. The lowest BCUT2D eigenvalue weighted by Gasteiger charge is -2.21. The van der Waals surface area contributed by atoms with Crippen LogP contribution in [-0.4, -0.2) is 43.3 Å². The molecule has 0 saturated carbocycles. The number of hydrogen-bond donors (Lipinski definition) is 2. The molecule has 25 heavy (non-hydrogen) atoms. The SMILES string of the molecule is CC(=Cc1ccccc1)C=C1SC(=S)N(C(CC(=O)O)C(=O)O)C1=O. The van der Waals surface area contributed by atoms with Crippen molar-refractivity contribution in [2.24, 2.45) is 0 Å². The van der Waals surface area contributed by atoms with Gasteiger partial charge in [0.25, 0.3) is 5.91 Å². The van der Waals surface area contributed by atoms with Gasteiger partial charge in [0, 0.05) is 0 Å². The molecule has 8 heteroatoms. The van der Waals surface area contributed by atoms with Crippen molar-refractivity contribution in [3.8, 4) is 0 Å². The first-order valence-electron chi connectivity index (χ1n) is 7.24. The maximum absolute atomic E-state index is 12.5. The van der Waals surface area contributed by atoms with E-state index >= 15 is 0 Å². The molecule has 1 atom stereocenters. The Morgan fingerprint density at radius 3 is 2.48 bits per heavy atom. The fraction of sp³-hybridized carbons (Fsp3) is 0.176. The third-order valence-corrected chi connectivity index (χ3v) is 4.67. The molecule has 2 rings (SSSR count). The van der Waals surface area contributed by atoms with Crippen LogP contribution in [0.4, 0.5) is 0 Å². The molecular formula is C17H15NO5S2. The van der Waals surface area contributed by atoms with Gasteiger partial charge in [-0.2, -0.15) is 0 Å². The number of hydrogen-bond acceptors (Lipinski definition) is 5. The predicted molar refractivity (Wildman–Crippen MR) is 98.9 cm³/mol. The molecule has 1 fully saturated rings. The van der Waals surface area contributed by atoms with E-state index in [0.717, 1.165) is 27.8 Å². The molecule has 1 saturated heterocycles. The first-order valence-corrected chi connectivity index (χ1v) is 8.47. The van der Waals surface area contributed by atoms with Crippen LogP contribution in [0.25, 0.3) is 6.08 Å². The molecule has 0 aliphatic carbocycles. The molecule has 1 aliphatic rings. The van der Waals surface area contributed by atoms with Crippen LogP contribution in [0.2, 0.25) is 0 Å². The number of thiocarbonyl (C=S) groups is 1. The Morgan fingerprint density at radius 2 is 1.92 bits per heavy atom. The van der Waals surface area contributed by atoms with Crippen LogP contribution in [-0.2, 0) is 14.4 Å². The molecule has 1 heterocycles. The highest BCUT2D eigenvalue weighted by Crippen LogP contribution is 2.34. The largest absolute Gasteiger partial charge is 0.481 e. The number of thioether (sulfide) groups is 1. The quantitative estimate of drug-likeness (QED) is 0.581. The van der Waals surface area contributed by atoms with Crippen LogP contribution in [0, 0.1) is 0 Å². The van der Waals surface area contributed by atoms with Crippen LogP contribution < -0.4 is 0 Å². The molecule has 1 aromatic carbocycles. The lowest BCUT2D eigenvalue weighted by molar-refractivity contribution is -0.150. The maximum atomic E-state index is 12.5. The minimum absolute atomic E-state index is 0.0393. The smallest absolute Gasteiger partial charge is 0.327 e. The van der Waals surface area contributed by atoms with E-state index in [1.54, 1.807) is 6.08 Å². The molecule has 1 aliphatic heterocycles. The summed E-state index contributed by atoms with van der Waals surface area (Å²) in [6.45, 7) is 1.81. The lowest BCUT2D eigenvalue weighted by atomic mass is 10.1. The second-order valence-electron chi connectivity index (χ2n) is 5.30. The summed E-state index contributed by atoms with van der Waals surface area (Å²) in [6.07, 6.45) is 2.78. The van der Waals surface area contributed by atoms with Gasteiger partial charge >= 0.3 is 11.9 Å². The highest BCUT2D eigenvalue weighted by atomic mass is 32.2. The topological polar surface area (TPSA) is 94.9 Å². The Labute approximate surface area is 153 Å². The Hall–Kier alpha value is -2.45. The van der Waals surface area contributed by atoms with Crippen LogP contribution in [0.1, 0.15) is 18.9 Å². The molecule has 130 valence electrons. The van der Waals surface area contributed by atoms with Gasteiger partial charge in [-0.3, -0.25) is 14.5 Å². The predicted octanol–water partition coefficient (Wildman–Crippen LogP) is 2.76. The van der Waals surface area contributed by atoms with Crippen LogP contribution >= 0.6 is 24.0 Å². The van der Waals surface area contributed by atoms with Gasteiger partial charge in [-0.05, 0) is 24.1 Å². The number of carboxylic acid groups (broad SMARTS) is 2. The van der Waals surface area contributed by atoms with Gasteiger partial charge in [-0.1, -0.05) is 60.4 Å². The van der Waals surface area contributed by atoms with E-state index in [-0.39, 0.29) is 9.23 Å². The Kier molecular flexibility index (Phi) is 6.11. The van der Waals surface area contributed by atoms with Crippen molar-refractivity contribution in [2.45, 2.75) is 19.4 Å². The highest BCUT2D eigenvalue weighted by Gasteiger charge is 2.41. The fourth-order valence-corrected chi connectivity index (χ4v) is 3.67. The number of rotatable bonds is 6. The Morgan fingerprint density at radius 1 is 1.28 bits per heavy atom. The number of carbonyl (C=O) groups is 3. The van der Waals surface area contributed by atoms with Gasteiger partial charge < -0.3 is 10.2 Å². The summed E-state index contributed by atoms with van der Waals surface area (Å²) >= 11 is 6.04. The third kappa shape index (κ3) is 4.77. The van der Waals surface area contributed by atoms with E-state index in [9.17, 15) is 19.5 Å². The third-order valence-electron chi connectivity index (χ3n) is 3.34. The van der Waals surface area contributed by atoms with Crippen molar-refractivity contribution in [1.29, 1.82) is 0 Å². The average Bonchev–Trinajstić information content (AvgIpc) is 2.79. The second kappa shape index (κ2) is 8.09. The minimum atomic E-state index is -1.52. The van der Waals surface area contributed by atoms with Crippen molar-refractivity contribution in [1.82, 2.24) is 4.90 Å². The van der Waals surface area contributed by atoms with E-state index < -0.39 is 30.3 Å². The summed E-state index contributed by atoms with van der Waals surface area (Å²) in [7, 11) is 0. The lowest BCUT2D eigenvalue weighted by Crippen LogP contribution is -2.45. The molecule has 0 bridgehead atoms. The van der Waals surface area contributed by atoms with Crippen molar-refractivity contribution in [3.63, 3.8) is 0 Å². The van der Waals surface area contributed by atoms with Crippen molar-refractivity contribution in [2.75, 3.05) is 0 Å². The van der Waals surface area contributed by atoms with Crippen LogP contribution in [0.5, 0.6) is 0 Å². The van der Waals surface area contributed by atoms with Gasteiger partial charge in [0.05, 0.1) is 11.3 Å². The zero-order valence-electron chi connectivity index (χ0n) is 13.2. The molecule has 0 radical (unpaired) electrons. The van der Waals surface area contributed by atoms with Crippen LogP contribution in [0.3, 0.4) is 0 Å². The van der Waals surface area contributed by atoms with Crippen LogP contribution in [0.15, 0.2) is 46.9 Å². The first-order chi connectivity index (χ1) is 11.8. The number of amides is 1. The Balaban J connectivity index is 2.26. The minimum Gasteiger partial charge on any atom is -0.481 e. The Bertz CT molecular complexity index is 785. The van der Waals surface area contributed by atoms with E-state index in [0.29, 0.717) is 0 Å². The van der Waals surface area contributed by atoms with E-state index in [2.05, 4.69) is 0 Å². The number of allylic oxidation sites excluding steroid dienone is 2. The standard InChI is InChI=1S/C17H15NO5S2/c1-10(7-11-5-3-2-4-6-11)8-13-15(21)18(17(24)25-13)12(16(22)23)9-14(19)20/h2-8,12H,9H2,1H3,(H,19,20)(H,22,23). The number of nitrogens with zero attached hydrogens (tertiary/aromatic N) is 1. The van der Waals surface area contributed by atoms with Gasteiger partial charge in [0.2, 0.25) is 0 Å². The van der Waals surface area contributed by atoms with Gasteiger partial charge in [-0.15, -0.1) is 0 Å². The number of benzene rings is 1. The summed E-state index contributed by atoms with van der Waals surface area (Å²) in [6, 6.07) is 7.98. The molecular weight excluding hydrogens is 362 g/mol. The molecule has 0 aromatic heterocycles. The summed E-state index contributed by atoms with van der Waals surface area (Å²) in [4.78, 5) is 35.8. The van der Waals surface area contributed by atoms with E-state index in [4.69, 9.17) is 17.3 Å². The second-order valence-corrected chi connectivity index (χ2v) is 6.98. The monoisotopic (exact) mass is 377 g/mol. The zero-order chi connectivity index (χ0) is 18.6. The van der Waals surface area contributed by atoms with Gasteiger partial charge in [-0.25, -0.2) is 4.79 Å². The summed E-state index contributed by atoms with van der Waals surface area (Å²) in [5, 5.41) is 18.1. The zero-order valence-corrected chi connectivity index (χ0v) is 14.8. The average molecular weight is 377 g/mol. The summed E-state index contributed by atoms with van der Waals surface area (Å²) in [5.41, 5.74) is 1.75. The first kappa shape index (κ1) is 18.9. The number of aliphatic carboxylic acids is 2. The van der Waals surface area contributed by atoms with Crippen molar-refractivity contribution in [3.05, 3.63) is 52.4 Å². The summed E-state index contributed by atoms with van der Waals surface area (Å²) in [5.74, 6) is -3.31. The molecule has 1 aromatic rings. The normalized spacial score (nSPS) is 17.9. The number of carbonyl (C=O) groups excluding carboxylic acids is 1. The van der Waals surface area contributed by atoms with Gasteiger partial charge in [0.15, 0.2) is 0 Å². The van der Waals surface area contributed by atoms with E-state index in [1.165, 1.54) is 0 Å². The molecule has 1 amide bonds. The van der Waals surface area contributed by atoms with Gasteiger partial charge in [0.1, 0.15) is 10.4 Å². The molecule has 2 N–H and O–H groups in total. The molecule has 1 unspecified atom stereocenters. The maximum Gasteiger partial charge on any atom is 0.327 e. The van der Waals surface area contributed by atoms with Crippen molar-refractivity contribution >= 4 is 52.2 Å². The highest BCUT2D eigenvalue weighted by molar-refractivity contribution is 8.26. The fourth-order valence-electron chi connectivity index (χ4n) is 2.26.